The van der Waals surface area contributed by atoms with Crippen molar-refractivity contribution < 1.29 is 19.8 Å². The standard InChI is InChI=1S/C23H36N2O4/c1-2-3-4-5-6-7-9-12-21(24-28)20-14-13-19(17-22(20)26)29-18-23(27)25-15-10-8-11-16-25/h13-14,17,26,28H,2-12,15-16,18H2,1H3/b24-21-. The molecule has 6 nitrogen and oxygen atoms in total. The Kier molecular flexibility index (Phi) is 10.4. The second kappa shape index (κ2) is 13.1. The molecule has 0 atom stereocenters. The molecule has 1 amide bonds. The Hall–Kier alpha value is -2.24. The average Bonchev–Trinajstić information content (AvgIpc) is 2.75. The van der Waals surface area contributed by atoms with Gasteiger partial charge in [-0.15, -0.1) is 0 Å². The number of ether oxygens (including phenoxy) is 1. The lowest BCUT2D eigenvalue weighted by Gasteiger charge is -2.26. The third-order valence-electron chi connectivity index (χ3n) is 5.49. The molecule has 1 fully saturated rings. The summed E-state index contributed by atoms with van der Waals surface area (Å²) in [6.45, 7) is 3.76. The van der Waals surface area contributed by atoms with E-state index in [1.165, 1.54) is 44.6 Å². The van der Waals surface area contributed by atoms with Gasteiger partial charge in [0.05, 0.1) is 5.71 Å². The van der Waals surface area contributed by atoms with Crippen molar-refractivity contribution in [2.24, 2.45) is 5.16 Å². The van der Waals surface area contributed by atoms with Gasteiger partial charge < -0.3 is 20.0 Å². The van der Waals surface area contributed by atoms with Crippen molar-refractivity contribution >= 4 is 11.6 Å². The molecule has 1 aliphatic heterocycles. The van der Waals surface area contributed by atoms with E-state index < -0.39 is 0 Å². The maximum absolute atomic E-state index is 12.2. The highest BCUT2D eigenvalue weighted by atomic mass is 16.5. The average molecular weight is 405 g/mol. The van der Waals surface area contributed by atoms with Gasteiger partial charge in [-0.3, -0.25) is 4.79 Å². The topological polar surface area (TPSA) is 82.4 Å². The molecule has 29 heavy (non-hydrogen) atoms. The number of unbranched alkanes of at least 4 members (excludes halogenated alkanes) is 6. The van der Waals surface area contributed by atoms with Crippen LogP contribution < -0.4 is 4.74 Å². The lowest BCUT2D eigenvalue weighted by Crippen LogP contribution is -2.38. The molecule has 2 N–H and O–H groups in total. The number of carbonyl (C=O) groups excluding carboxylic acids is 1. The van der Waals surface area contributed by atoms with Crippen LogP contribution in [0.4, 0.5) is 0 Å². The van der Waals surface area contributed by atoms with Crippen LogP contribution in [0.1, 0.15) is 83.1 Å². The zero-order valence-corrected chi connectivity index (χ0v) is 17.7. The number of amides is 1. The van der Waals surface area contributed by atoms with Crippen molar-refractivity contribution in [1.29, 1.82) is 0 Å². The van der Waals surface area contributed by atoms with E-state index in [2.05, 4.69) is 12.1 Å². The Labute approximate surface area is 174 Å². The zero-order valence-electron chi connectivity index (χ0n) is 17.7. The number of nitrogens with zero attached hydrogens (tertiary/aromatic N) is 2. The first kappa shape index (κ1) is 23.0. The summed E-state index contributed by atoms with van der Waals surface area (Å²) in [7, 11) is 0. The number of piperidine rings is 1. The molecular weight excluding hydrogens is 368 g/mol. The summed E-state index contributed by atoms with van der Waals surface area (Å²) in [6, 6.07) is 4.87. The second-order valence-corrected chi connectivity index (χ2v) is 7.83. The van der Waals surface area contributed by atoms with Gasteiger partial charge in [-0.05, 0) is 44.2 Å². The smallest absolute Gasteiger partial charge is 0.260 e. The van der Waals surface area contributed by atoms with Crippen molar-refractivity contribution in [2.45, 2.75) is 77.6 Å². The molecule has 0 bridgehead atoms. The van der Waals surface area contributed by atoms with Gasteiger partial charge in [0.25, 0.3) is 5.91 Å². The Morgan fingerprint density at radius 3 is 2.41 bits per heavy atom. The summed E-state index contributed by atoms with van der Waals surface area (Å²) >= 11 is 0. The van der Waals surface area contributed by atoms with E-state index in [-0.39, 0.29) is 18.3 Å². The van der Waals surface area contributed by atoms with E-state index in [0.29, 0.717) is 23.4 Å². The molecule has 0 radical (unpaired) electrons. The predicted octanol–water partition coefficient (Wildman–Crippen LogP) is 5.10. The minimum absolute atomic E-state index is 0.00340. The fraction of sp³-hybridized carbons (Fsp3) is 0.652. The third kappa shape index (κ3) is 7.95. The zero-order chi connectivity index (χ0) is 20.9. The molecule has 0 aromatic heterocycles. The molecular formula is C23H36N2O4. The third-order valence-corrected chi connectivity index (χ3v) is 5.49. The van der Waals surface area contributed by atoms with Crippen LogP contribution in [0.25, 0.3) is 0 Å². The van der Waals surface area contributed by atoms with Crippen LogP contribution in [0.3, 0.4) is 0 Å². The number of hydrogen-bond donors (Lipinski definition) is 2. The maximum Gasteiger partial charge on any atom is 0.260 e. The van der Waals surface area contributed by atoms with E-state index in [0.717, 1.165) is 38.8 Å². The molecule has 0 spiro atoms. The van der Waals surface area contributed by atoms with Gasteiger partial charge in [0.2, 0.25) is 0 Å². The number of rotatable bonds is 12. The number of benzene rings is 1. The maximum atomic E-state index is 12.2. The number of phenolic OH excluding ortho intramolecular Hbond substituents is 1. The van der Waals surface area contributed by atoms with Crippen molar-refractivity contribution in [3.8, 4) is 11.5 Å². The van der Waals surface area contributed by atoms with Gasteiger partial charge in [-0.25, -0.2) is 0 Å². The van der Waals surface area contributed by atoms with E-state index in [1.54, 1.807) is 12.1 Å². The lowest BCUT2D eigenvalue weighted by atomic mass is 10.0. The number of phenols is 1. The highest BCUT2D eigenvalue weighted by Crippen LogP contribution is 2.26. The number of aromatic hydroxyl groups is 1. The molecule has 1 aromatic rings. The summed E-state index contributed by atoms with van der Waals surface area (Å²) in [5.41, 5.74) is 0.986. The fourth-order valence-electron chi connectivity index (χ4n) is 3.71. The molecule has 162 valence electrons. The van der Waals surface area contributed by atoms with Gasteiger partial charge in [0.1, 0.15) is 11.5 Å². The van der Waals surface area contributed by atoms with Gasteiger partial charge in [-0.2, -0.15) is 0 Å². The summed E-state index contributed by atoms with van der Waals surface area (Å²) in [5.74, 6) is 0.415. The Bertz CT molecular complexity index is 654. The minimum atomic E-state index is -0.0300. The van der Waals surface area contributed by atoms with Crippen LogP contribution in [-0.4, -0.2) is 46.5 Å². The van der Waals surface area contributed by atoms with Crippen molar-refractivity contribution in [3.05, 3.63) is 23.8 Å². The lowest BCUT2D eigenvalue weighted by molar-refractivity contribution is -0.134. The van der Waals surface area contributed by atoms with Crippen molar-refractivity contribution in [1.82, 2.24) is 4.90 Å². The largest absolute Gasteiger partial charge is 0.507 e. The molecule has 2 rings (SSSR count). The van der Waals surface area contributed by atoms with Crippen LogP contribution in [0.5, 0.6) is 11.5 Å². The molecule has 1 aromatic carbocycles. The second-order valence-electron chi connectivity index (χ2n) is 7.83. The molecule has 1 heterocycles. The molecule has 1 saturated heterocycles. The Balaban J connectivity index is 1.79. The highest BCUT2D eigenvalue weighted by molar-refractivity contribution is 6.02. The predicted molar refractivity (Wildman–Crippen MR) is 115 cm³/mol. The van der Waals surface area contributed by atoms with E-state index in [1.807, 2.05) is 4.90 Å². The van der Waals surface area contributed by atoms with Crippen LogP contribution >= 0.6 is 0 Å². The molecule has 0 aliphatic carbocycles. The van der Waals surface area contributed by atoms with Gasteiger partial charge in [0.15, 0.2) is 6.61 Å². The minimum Gasteiger partial charge on any atom is -0.507 e. The molecule has 0 saturated carbocycles. The van der Waals surface area contributed by atoms with Crippen molar-refractivity contribution in [2.75, 3.05) is 19.7 Å². The molecule has 1 aliphatic rings. The van der Waals surface area contributed by atoms with Gasteiger partial charge in [0, 0.05) is 24.7 Å². The first-order valence-corrected chi connectivity index (χ1v) is 11.1. The SMILES string of the molecule is CCCCCCCCC/C(=N/O)c1ccc(OCC(=O)N2CCCCC2)cc1O. The normalized spacial score (nSPS) is 14.8. The van der Waals surface area contributed by atoms with E-state index >= 15 is 0 Å². The number of hydrogen-bond acceptors (Lipinski definition) is 5. The summed E-state index contributed by atoms with van der Waals surface area (Å²) in [6.07, 6.45) is 12.1. The van der Waals surface area contributed by atoms with Crippen LogP contribution in [0, 0.1) is 0 Å². The number of carbonyl (C=O) groups is 1. The van der Waals surface area contributed by atoms with Crippen LogP contribution in [0.15, 0.2) is 23.4 Å². The van der Waals surface area contributed by atoms with E-state index in [9.17, 15) is 15.1 Å². The quantitative estimate of drug-likeness (QED) is 0.220. The summed E-state index contributed by atoms with van der Waals surface area (Å²) in [4.78, 5) is 14.0. The summed E-state index contributed by atoms with van der Waals surface area (Å²) < 4.78 is 5.56. The fourth-order valence-corrected chi connectivity index (χ4v) is 3.71. The highest BCUT2D eigenvalue weighted by Gasteiger charge is 2.17. The number of oxime groups is 1. The van der Waals surface area contributed by atoms with Crippen molar-refractivity contribution in [3.63, 3.8) is 0 Å². The molecule has 6 heteroatoms. The van der Waals surface area contributed by atoms with Gasteiger partial charge in [-0.1, -0.05) is 50.6 Å². The monoisotopic (exact) mass is 404 g/mol. The molecule has 0 unspecified atom stereocenters. The van der Waals surface area contributed by atoms with Gasteiger partial charge >= 0.3 is 0 Å². The Morgan fingerprint density at radius 1 is 1.07 bits per heavy atom. The summed E-state index contributed by atoms with van der Waals surface area (Å²) in [5, 5.41) is 23.1. The van der Waals surface area contributed by atoms with E-state index in [4.69, 9.17) is 4.74 Å². The van der Waals surface area contributed by atoms with Crippen LogP contribution in [0.2, 0.25) is 0 Å². The first-order chi connectivity index (χ1) is 14.2. The number of likely N-dealkylation sites (tertiary alicyclic amines) is 1. The van der Waals surface area contributed by atoms with Crippen LogP contribution in [-0.2, 0) is 4.79 Å². The first-order valence-electron chi connectivity index (χ1n) is 11.1. The Morgan fingerprint density at radius 2 is 1.76 bits per heavy atom.